The number of rotatable bonds is 4. The summed E-state index contributed by atoms with van der Waals surface area (Å²) in [5, 5.41) is 6.07. The summed E-state index contributed by atoms with van der Waals surface area (Å²) < 4.78 is 37.0. The smallest absolute Gasteiger partial charge is 0.375 e. The van der Waals surface area contributed by atoms with Crippen molar-refractivity contribution in [3.8, 4) is 0 Å². The number of nitrogen functional groups attached to an aromatic ring is 1. The summed E-state index contributed by atoms with van der Waals surface area (Å²) in [7, 11) is -3.46. The van der Waals surface area contributed by atoms with Gasteiger partial charge < -0.3 is 10.6 Å². The highest BCUT2D eigenvalue weighted by Gasteiger charge is 2.53. The van der Waals surface area contributed by atoms with Gasteiger partial charge >= 0.3 is 16.4 Å². The number of nitrogens with two attached hydrogens (primary N) is 1. The molecule has 2 aliphatic heterocycles. The molecule has 2 bridgehead atoms. The molecule has 4 rings (SSSR count). The zero-order valence-electron chi connectivity index (χ0n) is 15.0. The third-order valence-corrected chi connectivity index (χ3v) is 5.53. The predicted octanol–water partition coefficient (Wildman–Crippen LogP) is -1.51. The van der Waals surface area contributed by atoms with Gasteiger partial charge in [0.25, 0.3) is 11.8 Å². The van der Waals surface area contributed by atoms with Crippen molar-refractivity contribution in [2.24, 2.45) is 7.05 Å². The number of anilines is 1. The lowest BCUT2D eigenvalue weighted by Crippen LogP contribution is -2.50. The van der Waals surface area contributed by atoms with Crippen molar-refractivity contribution in [3.05, 3.63) is 28.5 Å². The number of urea groups is 1. The van der Waals surface area contributed by atoms with Gasteiger partial charge in [0.05, 0.1) is 18.4 Å². The number of hydroxylamine groups is 2. The lowest BCUT2D eigenvalue weighted by atomic mass is 9.97. The summed E-state index contributed by atoms with van der Waals surface area (Å²) in [5.41, 5.74) is 10.5. The van der Waals surface area contributed by atoms with Gasteiger partial charge in [-0.15, -0.1) is 15.6 Å². The second-order valence-corrected chi connectivity index (χ2v) is 8.20. The Morgan fingerprint density at radius 1 is 1.40 bits per heavy atom. The molecule has 1 fully saturated rings. The van der Waals surface area contributed by atoms with Gasteiger partial charge in [0.1, 0.15) is 11.7 Å². The van der Waals surface area contributed by atoms with E-state index in [0.29, 0.717) is 10.6 Å². The van der Waals surface area contributed by atoms with Gasteiger partial charge in [-0.05, 0) is 0 Å². The van der Waals surface area contributed by atoms with Crippen LogP contribution in [0, 0.1) is 0 Å². The molecule has 0 aromatic carbocycles. The molecule has 4 heterocycles. The number of fused-ring (bicyclic) bond motifs is 4. The van der Waals surface area contributed by atoms with E-state index in [-0.39, 0.29) is 23.1 Å². The van der Waals surface area contributed by atoms with Crippen molar-refractivity contribution in [1.29, 1.82) is 0 Å². The molecule has 5 N–H and O–H groups in total. The van der Waals surface area contributed by atoms with Gasteiger partial charge in [-0.2, -0.15) is 18.6 Å². The minimum Gasteiger partial charge on any atom is -0.375 e. The second-order valence-electron chi connectivity index (χ2n) is 6.30. The van der Waals surface area contributed by atoms with Gasteiger partial charge in [-0.3, -0.25) is 29.7 Å². The molecule has 2 aliphatic rings. The van der Waals surface area contributed by atoms with Crippen LogP contribution >= 0.6 is 11.3 Å². The molecule has 30 heavy (non-hydrogen) atoms. The summed E-state index contributed by atoms with van der Waals surface area (Å²) in [6.45, 7) is -0.109. The van der Waals surface area contributed by atoms with Crippen LogP contribution in [0.1, 0.15) is 33.8 Å². The van der Waals surface area contributed by atoms with E-state index in [2.05, 4.69) is 25.2 Å². The number of thiazole rings is 1. The van der Waals surface area contributed by atoms with E-state index in [4.69, 9.17) is 10.3 Å². The van der Waals surface area contributed by atoms with E-state index in [1.807, 2.05) is 0 Å². The summed E-state index contributed by atoms with van der Waals surface area (Å²) in [6.07, 6.45) is 1.35. The molecule has 0 aliphatic carbocycles. The van der Waals surface area contributed by atoms with Gasteiger partial charge in [-0.25, -0.2) is 9.78 Å². The maximum Gasteiger partial charge on any atom is 0.418 e. The minimum atomic E-state index is -4.99. The Kier molecular flexibility index (Phi) is 4.60. The highest BCUT2D eigenvalue weighted by molar-refractivity contribution is 7.80. The molecule has 17 heteroatoms. The van der Waals surface area contributed by atoms with E-state index in [0.717, 1.165) is 16.2 Å². The Morgan fingerprint density at radius 3 is 2.77 bits per heavy atom. The molecular weight excluding hydrogens is 444 g/mol. The second kappa shape index (κ2) is 6.90. The van der Waals surface area contributed by atoms with Crippen molar-refractivity contribution in [2.75, 3.05) is 12.3 Å². The molecule has 1 saturated heterocycles. The van der Waals surface area contributed by atoms with Crippen molar-refractivity contribution >= 4 is 44.7 Å². The summed E-state index contributed by atoms with van der Waals surface area (Å²) in [6, 6.07) is -3.14. The van der Waals surface area contributed by atoms with Crippen LogP contribution in [-0.2, 0) is 26.5 Å². The number of amides is 4. The average molecular weight is 458 g/mol. The zero-order chi connectivity index (χ0) is 21.8. The highest BCUT2D eigenvalue weighted by Crippen LogP contribution is 2.43. The number of nitrogens with zero attached hydrogens (tertiary/aromatic N) is 5. The maximum absolute atomic E-state index is 12.8. The molecular formula is C13H14N8O7S2. The van der Waals surface area contributed by atoms with Crippen LogP contribution in [0.25, 0.3) is 0 Å². The maximum atomic E-state index is 12.8. The van der Waals surface area contributed by atoms with Crippen molar-refractivity contribution < 1.29 is 31.6 Å². The number of hydrazine groups is 1. The van der Waals surface area contributed by atoms with Gasteiger partial charge in [-0.1, -0.05) is 0 Å². The largest absolute Gasteiger partial charge is 0.418 e. The number of aryl methyl sites for hydroxylation is 1. The van der Waals surface area contributed by atoms with E-state index >= 15 is 0 Å². The Balaban J connectivity index is 1.59. The molecule has 2 aromatic rings. The van der Waals surface area contributed by atoms with Crippen LogP contribution in [0.2, 0.25) is 0 Å². The van der Waals surface area contributed by atoms with Gasteiger partial charge in [0.15, 0.2) is 11.2 Å². The Hall–Kier alpha value is -3.28. The zero-order valence-corrected chi connectivity index (χ0v) is 16.7. The predicted molar refractivity (Wildman–Crippen MR) is 97.4 cm³/mol. The van der Waals surface area contributed by atoms with E-state index in [9.17, 15) is 22.8 Å². The van der Waals surface area contributed by atoms with Gasteiger partial charge in [0.2, 0.25) is 0 Å². The number of carbonyl (C=O) groups excluding carboxylic acids is 3. The quantitative estimate of drug-likeness (QED) is 0.308. The standard InChI is InChI=1S/C13H14N8O7S2/c1-19-8-5(2-15-19)7-3-20(13(24)21(7)28-30(25,26)27)9(8)11(23)18-17-10(22)6-4-29-12(14)16-6/h2,4,7,9H,3H2,1H3,(H2,14,16)(H,17,22)(H,18,23)(H,25,26,27). The molecule has 0 radical (unpaired) electrons. The van der Waals surface area contributed by atoms with Crippen LogP contribution in [0.5, 0.6) is 0 Å². The lowest BCUT2D eigenvalue weighted by Gasteiger charge is -2.30. The van der Waals surface area contributed by atoms with Crippen LogP contribution in [0.3, 0.4) is 0 Å². The number of nitrogens with one attached hydrogen (secondary N) is 2. The van der Waals surface area contributed by atoms with E-state index in [1.165, 1.54) is 23.3 Å². The molecule has 2 unspecified atom stereocenters. The van der Waals surface area contributed by atoms with Crippen LogP contribution in [0.4, 0.5) is 9.93 Å². The normalized spacial score (nSPS) is 20.3. The van der Waals surface area contributed by atoms with E-state index < -0.39 is 40.3 Å². The Bertz CT molecular complexity index is 1160. The third kappa shape index (κ3) is 3.32. The molecule has 4 amide bonds. The summed E-state index contributed by atoms with van der Waals surface area (Å²) >= 11 is 1.04. The van der Waals surface area contributed by atoms with Crippen molar-refractivity contribution in [1.82, 2.24) is 35.6 Å². The molecule has 0 saturated carbocycles. The first-order chi connectivity index (χ1) is 14.1. The molecule has 2 aromatic heterocycles. The Labute approximate surface area is 172 Å². The minimum absolute atomic E-state index is 0.00675. The topological polar surface area (TPSA) is 202 Å². The first-order valence-corrected chi connectivity index (χ1v) is 10.4. The van der Waals surface area contributed by atoms with Crippen molar-refractivity contribution in [2.45, 2.75) is 12.1 Å². The summed E-state index contributed by atoms with van der Waals surface area (Å²) in [4.78, 5) is 42.4. The number of aromatic nitrogens is 3. The monoisotopic (exact) mass is 458 g/mol. The first kappa shape index (κ1) is 20.0. The first-order valence-electron chi connectivity index (χ1n) is 8.16. The fraction of sp³-hybridized carbons (Fsp3) is 0.308. The average Bonchev–Trinajstić information content (AvgIpc) is 3.33. The molecule has 160 valence electrons. The molecule has 15 nitrogen and oxygen atoms in total. The van der Waals surface area contributed by atoms with Crippen LogP contribution in [0.15, 0.2) is 11.6 Å². The fourth-order valence-corrected chi connectivity index (χ4v) is 4.25. The molecule has 0 spiro atoms. The fourth-order valence-electron chi connectivity index (χ4n) is 3.34. The number of carbonyl (C=O) groups is 3. The van der Waals surface area contributed by atoms with Crippen LogP contribution < -0.4 is 16.6 Å². The van der Waals surface area contributed by atoms with E-state index in [1.54, 1.807) is 0 Å². The Morgan fingerprint density at radius 2 is 2.13 bits per heavy atom. The van der Waals surface area contributed by atoms with Gasteiger partial charge in [0, 0.05) is 18.0 Å². The SMILES string of the molecule is Cn1ncc2c1C(C(=O)NNC(=O)c1csc(N)n1)N1CC2N(OS(=O)(=O)O)C1=O. The lowest BCUT2D eigenvalue weighted by molar-refractivity contribution is -0.126. The van der Waals surface area contributed by atoms with Crippen molar-refractivity contribution in [3.63, 3.8) is 0 Å². The number of hydrogen-bond acceptors (Lipinski definition) is 10. The molecule has 2 atom stereocenters. The van der Waals surface area contributed by atoms with Crippen LogP contribution in [-0.4, -0.2) is 62.1 Å². The summed E-state index contributed by atoms with van der Waals surface area (Å²) in [5.74, 6) is -1.52. The number of hydrogen-bond donors (Lipinski definition) is 4. The highest BCUT2D eigenvalue weighted by atomic mass is 32.3. The third-order valence-electron chi connectivity index (χ3n) is 4.51.